The molecule has 0 aromatic carbocycles. The number of carbonyl (C=O) groups excluding carboxylic acids is 1. The first kappa shape index (κ1) is 13.4. The van der Waals surface area contributed by atoms with Crippen molar-refractivity contribution in [3.05, 3.63) is 23.9 Å². The summed E-state index contributed by atoms with van der Waals surface area (Å²) in [6.07, 6.45) is 5.32. The fourth-order valence-corrected chi connectivity index (χ4v) is 2.91. The van der Waals surface area contributed by atoms with Gasteiger partial charge in [-0.2, -0.15) is 0 Å². The molecule has 1 aromatic heterocycles. The van der Waals surface area contributed by atoms with Gasteiger partial charge >= 0.3 is 0 Å². The summed E-state index contributed by atoms with van der Waals surface area (Å²) < 4.78 is 5.78. The monoisotopic (exact) mass is 275 g/mol. The first-order chi connectivity index (χ1) is 9.78. The Balaban J connectivity index is 1.76. The minimum atomic E-state index is 0.0666. The minimum Gasteiger partial charge on any atom is -0.371 e. The van der Waals surface area contributed by atoms with Gasteiger partial charge in [0.05, 0.1) is 17.8 Å². The zero-order chi connectivity index (χ0) is 13.9. The Kier molecular flexibility index (Phi) is 3.87. The normalized spacial score (nSPS) is 24.8. The minimum absolute atomic E-state index is 0.0666. The summed E-state index contributed by atoms with van der Waals surface area (Å²) in [5, 5.41) is 3.23. The van der Waals surface area contributed by atoms with E-state index in [1.54, 1.807) is 6.20 Å². The van der Waals surface area contributed by atoms with E-state index in [9.17, 15) is 4.79 Å². The molecule has 108 valence electrons. The molecule has 3 heterocycles. The maximum atomic E-state index is 12.7. The summed E-state index contributed by atoms with van der Waals surface area (Å²) in [5.74, 6) is 0.759. The Morgan fingerprint density at radius 2 is 2.20 bits per heavy atom. The third-order valence-corrected chi connectivity index (χ3v) is 3.91. The average Bonchev–Trinajstić information content (AvgIpc) is 2.83. The molecule has 2 bridgehead atoms. The highest BCUT2D eigenvalue weighted by atomic mass is 16.5. The van der Waals surface area contributed by atoms with Crippen LogP contribution in [0.5, 0.6) is 0 Å². The summed E-state index contributed by atoms with van der Waals surface area (Å²) in [6.45, 7) is 4.33. The number of morpholine rings is 1. The van der Waals surface area contributed by atoms with Gasteiger partial charge in [-0.05, 0) is 31.4 Å². The van der Waals surface area contributed by atoms with Crippen LogP contribution in [0.25, 0.3) is 0 Å². The maximum Gasteiger partial charge on any atom is 0.257 e. The van der Waals surface area contributed by atoms with E-state index in [4.69, 9.17) is 4.74 Å². The highest BCUT2D eigenvalue weighted by Gasteiger charge is 2.36. The van der Waals surface area contributed by atoms with Crippen molar-refractivity contribution in [2.24, 2.45) is 0 Å². The second-order valence-corrected chi connectivity index (χ2v) is 5.49. The fourth-order valence-electron chi connectivity index (χ4n) is 2.91. The van der Waals surface area contributed by atoms with Gasteiger partial charge in [-0.15, -0.1) is 0 Å². The number of amides is 1. The number of anilines is 1. The van der Waals surface area contributed by atoms with Crippen molar-refractivity contribution in [1.29, 1.82) is 0 Å². The van der Waals surface area contributed by atoms with E-state index in [2.05, 4.69) is 17.2 Å². The molecule has 0 saturated carbocycles. The van der Waals surface area contributed by atoms with Crippen LogP contribution in [0.3, 0.4) is 0 Å². The topological polar surface area (TPSA) is 54.5 Å². The predicted molar refractivity (Wildman–Crippen MR) is 76.8 cm³/mol. The van der Waals surface area contributed by atoms with Crippen LogP contribution in [0.1, 0.15) is 36.5 Å². The van der Waals surface area contributed by atoms with Gasteiger partial charge in [-0.1, -0.05) is 6.92 Å². The molecule has 1 amide bonds. The molecule has 1 aromatic rings. The number of pyridine rings is 1. The number of nitrogens with one attached hydrogen (secondary N) is 1. The van der Waals surface area contributed by atoms with Gasteiger partial charge in [-0.25, -0.2) is 4.98 Å². The number of fused-ring (bicyclic) bond motifs is 2. The number of likely N-dealkylation sites (tertiary alicyclic amines) is 1. The van der Waals surface area contributed by atoms with Crippen LogP contribution in [0, 0.1) is 0 Å². The molecule has 0 spiro atoms. The molecule has 2 unspecified atom stereocenters. The lowest BCUT2D eigenvalue weighted by Gasteiger charge is -2.32. The van der Waals surface area contributed by atoms with Crippen molar-refractivity contribution < 1.29 is 9.53 Å². The first-order valence-electron chi connectivity index (χ1n) is 7.41. The fraction of sp³-hybridized carbons (Fsp3) is 0.600. The molecule has 5 nitrogen and oxygen atoms in total. The smallest absolute Gasteiger partial charge is 0.257 e. The summed E-state index contributed by atoms with van der Waals surface area (Å²) in [6, 6.07) is 3.67. The number of hydrogen-bond donors (Lipinski definition) is 1. The average molecular weight is 275 g/mol. The van der Waals surface area contributed by atoms with E-state index in [-0.39, 0.29) is 18.1 Å². The summed E-state index contributed by atoms with van der Waals surface area (Å²) in [4.78, 5) is 18.9. The van der Waals surface area contributed by atoms with E-state index in [1.165, 1.54) is 0 Å². The molecule has 3 rings (SSSR count). The molecule has 20 heavy (non-hydrogen) atoms. The Hall–Kier alpha value is -1.62. The van der Waals surface area contributed by atoms with Crippen LogP contribution in [-0.4, -0.2) is 47.6 Å². The Morgan fingerprint density at radius 1 is 1.45 bits per heavy atom. The maximum absolute atomic E-state index is 12.7. The number of carbonyl (C=O) groups is 1. The van der Waals surface area contributed by atoms with Crippen LogP contribution in [0.2, 0.25) is 0 Å². The van der Waals surface area contributed by atoms with E-state index in [1.807, 2.05) is 17.0 Å². The zero-order valence-electron chi connectivity index (χ0n) is 11.8. The number of hydrogen-bond acceptors (Lipinski definition) is 4. The molecule has 2 fully saturated rings. The quantitative estimate of drug-likeness (QED) is 0.912. The van der Waals surface area contributed by atoms with Crippen LogP contribution in [0.4, 0.5) is 5.82 Å². The van der Waals surface area contributed by atoms with Crippen molar-refractivity contribution >= 4 is 11.7 Å². The molecule has 5 heteroatoms. The summed E-state index contributed by atoms with van der Waals surface area (Å²) in [7, 11) is 0. The number of rotatable bonds is 4. The van der Waals surface area contributed by atoms with Crippen molar-refractivity contribution in [2.45, 2.75) is 38.4 Å². The van der Waals surface area contributed by atoms with Gasteiger partial charge in [0.2, 0.25) is 0 Å². The lowest BCUT2D eigenvalue weighted by molar-refractivity contribution is -0.0303. The van der Waals surface area contributed by atoms with Crippen molar-refractivity contribution in [3.63, 3.8) is 0 Å². The van der Waals surface area contributed by atoms with Crippen LogP contribution in [0.15, 0.2) is 18.3 Å². The second-order valence-electron chi connectivity index (χ2n) is 5.49. The molecule has 2 saturated heterocycles. The lowest BCUT2D eigenvalue weighted by Crippen LogP contribution is -2.46. The van der Waals surface area contributed by atoms with Gasteiger partial charge in [0.15, 0.2) is 0 Å². The molecule has 0 radical (unpaired) electrons. The number of nitrogens with zero attached hydrogens (tertiary/aromatic N) is 2. The Morgan fingerprint density at radius 3 is 2.90 bits per heavy atom. The molecular formula is C15H21N3O2. The molecule has 1 N–H and O–H groups in total. The summed E-state index contributed by atoms with van der Waals surface area (Å²) >= 11 is 0. The van der Waals surface area contributed by atoms with Crippen LogP contribution in [-0.2, 0) is 4.74 Å². The molecular weight excluding hydrogens is 254 g/mol. The van der Waals surface area contributed by atoms with Crippen molar-refractivity contribution in [3.8, 4) is 0 Å². The van der Waals surface area contributed by atoms with E-state index < -0.39 is 0 Å². The van der Waals surface area contributed by atoms with E-state index in [0.29, 0.717) is 24.5 Å². The predicted octanol–water partition coefficient (Wildman–Crippen LogP) is 1.91. The number of aromatic nitrogens is 1. The van der Waals surface area contributed by atoms with Gasteiger partial charge in [-0.3, -0.25) is 4.79 Å². The molecule has 2 atom stereocenters. The van der Waals surface area contributed by atoms with Crippen molar-refractivity contribution in [1.82, 2.24) is 9.88 Å². The molecule has 0 aliphatic carbocycles. The summed E-state index contributed by atoms with van der Waals surface area (Å²) in [5.41, 5.74) is 0.669. The molecule has 2 aliphatic heterocycles. The highest BCUT2D eigenvalue weighted by molar-refractivity contribution is 5.98. The second kappa shape index (κ2) is 5.79. The Labute approximate surface area is 119 Å². The van der Waals surface area contributed by atoms with Gasteiger partial charge in [0.1, 0.15) is 5.82 Å². The molecule has 2 aliphatic rings. The van der Waals surface area contributed by atoms with Gasteiger partial charge < -0.3 is 15.0 Å². The SMILES string of the molecule is CCCNc1ncccc1C(=O)N1CC2CCC(C1)O2. The highest BCUT2D eigenvalue weighted by Crippen LogP contribution is 2.27. The Bertz CT molecular complexity index is 480. The van der Waals surface area contributed by atoms with E-state index in [0.717, 1.165) is 25.8 Å². The standard InChI is InChI=1S/C15H21N3O2/c1-2-7-16-14-13(4-3-8-17-14)15(19)18-9-11-5-6-12(10-18)20-11/h3-4,8,11-12H,2,5-7,9-10H2,1H3,(H,16,17). The van der Waals surface area contributed by atoms with E-state index >= 15 is 0 Å². The van der Waals surface area contributed by atoms with Gasteiger partial charge in [0.25, 0.3) is 5.91 Å². The van der Waals surface area contributed by atoms with Crippen LogP contribution < -0.4 is 5.32 Å². The van der Waals surface area contributed by atoms with Crippen molar-refractivity contribution in [2.75, 3.05) is 25.0 Å². The van der Waals surface area contributed by atoms with Gasteiger partial charge in [0, 0.05) is 25.8 Å². The number of ether oxygens (including phenoxy) is 1. The first-order valence-corrected chi connectivity index (χ1v) is 7.41. The third kappa shape index (κ3) is 2.63. The lowest BCUT2D eigenvalue weighted by atomic mass is 10.2. The van der Waals surface area contributed by atoms with Crippen LogP contribution >= 0.6 is 0 Å². The third-order valence-electron chi connectivity index (χ3n) is 3.91. The zero-order valence-corrected chi connectivity index (χ0v) is 11.8. The largest absolute Gasteiger partial charge is 0.371 e.